The highest BCUT2D eigenvalue weighted by Crippen LogP contribution is 2.37. The van der Waals surface area contributed by atoms with Gasteiger partial charge >= 0.3 is 0 Å². The number of ketones is 1. The third-order valence-corrected chi connectivity index (χ3v) is 7.29. The molecule has 0 radical (unpaired) electrons. The number of carbonyl (C=O) groups is 1. The number of nitrogens with two attached hydrogens (primary N) is 1. The third-order valence-electron chi connectivity index (χ3n) is 7.29. The molecule has 3 heterocycles. The molecule has 0 amide bonds. The van der Waals surface area contributed by atoms with Crippen molar-refractivity contribution in [3.63, 3.8) is 0 Å². The van der Waals surface area contributed by atoms with Gasteiger partial charge in [0.15, 0.2) is 5.78 Å². The topological polar surface area (TPSA) is 87.3 Å². The van der Waals surface area contributed by atoms with E-state index in [0.717, 1.165) is 48.6 Å². The molecule has 6 nitrogen and oxygen atoms in total. The van der Waals surface area contributed by atoms with E-state index >= 15 is 0 Å². The van der Waals surface area contributed by atoms with Gasteiger partial charge < -0.3 is 15.2 Å². The molecule has 1 aromatic carbocycles. The van der Waals surface area contributed by atoms with Gasteiger partial charge in [0.1, 0.15) is 40.7 Å². The number of carbonyl (C=O) groups excluding carboxylic acids is 1. The lowest BCUT2D eigenvalue weighted by atomic mass is 9.75. The Morgan fingerprint density at radius 2 is 1.89 bits per heavy atom. The van der Waals surface area contributed by atoms with Crippen LogP contribution in [0.15, 0.2) is 42.7 Å². The number of pyridine rings is 2. The second-order valence-electron chi connectivity index (χ2n) is 10.3. The lowest BCUT2D eigenvalue weighted by molar-refractivity contribution is 0.0987. The molecule has 4 atom stereocenters. The maximum absolute atomic E-state index is 15.0. The molecular formula is C29H30F3N3O3. The van der Waals surface area contributed by atoms with E-state index in [9.17, 15) is 18.0 Å². The summed E-state index contributed by atoms with van der Waals surface area (Å²) in [6.07, 6.45) is 6.37. The van der Waals surface area contributed by atoms with E-state index in [1.165, 1.54) is 6.07 Å². The molecule has 3 aromatic rings. The minimum absolute atomic E-state index is 0.0206. The van der Waals surface area contributed by atoms with E-state index in [2.05, 4.69) is 16.9 Å². The molecule has 0 bridgehead atoms. The smallest absolute Gasteiger partial charge is 0.185 e. The molecule has 2 N–H and O–H groups in total. The van der Waals surface area contributed by atoms with Crippen molar-refractivity contribution in [2.24, 2.45) is 11.7 Å². The summed E-state index contributed by atoms with van der Waals surface area (Å²) in [5.41, 5.74) is 6.69. The largest absolute Gasteiger partial charge is 0.488 e. The fourth-order valence-corrected chi connectivity index (χ4v) is 5.57. The van der Waals surface area contributed by atoms with Crippen LogP contribution in [0.4, 0.5) is 13.2 Å². The lowest BCUT2D eigenvalue weighted by Crippen LogP contribution is -2.31. The minimum Gasteiger partial charge on any atom is -0.488 e. The van der Waals surface area contributed by atoms with Crippen molar-refractivity contribution in [3.05, 3.63) is 77.0 Å². The molecule has 1 aliphatic carbocycles. The zero-order chi connectivity index (χ0) is 26.8. The number of benzene rings is 1. The molecule has 2 aliphatic rings. The molecule has 2 aromatic heterocycles. The van der Waals surface area contributed by atoms with Crippen LogP contribution in [0.3, 0.4) is 0 Å². The molecule has 9 heteroatoms. The van der Waals surface area contributed by atoms with Crippen LogP contribution in [0, 0.1) is 23.4 Å². The van der Waals surface area contributed by atoms with Crippen molar-refractivity contribution in [3.8, 4) is 17.0 Å². The van der Waals surface area contributed by atoms with Gasteiger partial charge in [-0.05, 0) is 60.4 Å². The zero-order valence-corrected chi connectivity index (χ0v) is 21.1. The molecular weight excluding hydrogens is 495 g/mol. The molecule has 5 rings (SSSR count). The lowest BCUT2D eigenvalue weighted by Gasteiger charge is -2.32. The quantitative estimate of drug-likeness (QED) is 0.417. The van der Waals surface area contributed by atoms with Gasteiger partial charge in [-0.3, -0.25) is 9.78 Å². The first-order valence-corrected chi connectivity index (χ1v) is 12.9. The van der Waals surface area contributed by atoms with E-state index in [-0.39, 0.29) is 35.9 Å². The highest BCUT2D eigenvalue weighted by atomic mass is 19.1. The van der Waals surface area contributed by atoms with E-state index in [4.69, 9.17) is 15.2 Å². The van der Waals surface area contributed by atoms with Crippen LogP contribution in [-0.2, 0) is 11.2 Å². The van der Waals surface area contributed by atoms with Gasteiger partial charge in [-0.15, -0.1) is 0 Å². The van der Waals surface area contributed by atoms with Crippen LogP contribution in [0.5, 0.6) is 5.75 Å². The van der Waals surface area contributed by atoms with Gasteiger partial charge in [0, 0.05) is 43.4 Å². The van der Waals surface area contributed by atoms with E-state index < -0.39 is 34.5 Å². The van der Waals surface area contributed by atoms with Gasteiger partial charge in [0.05, 0.1) is 18.8 Å². The van der Waals surface area contributed by atoms with Gasteiger partial charge in [-0.2, -0.15) is 0 Å². The summed E-state index contributed by atoms with van der Waals surface area (Å²) in [5.74, 6) is -2.77. The number of rotatable bonds is 7. The molecule has 2 fully saturated rings. The number of hydrogen-bond acceptors (Lipinski definition) is 6. The van der Waals surface area contributed by atoms with E-state index in [1.54, 1.807) is 12.4 Å². The summed E-state index contributed by atoms with van der Waals surface area (Å²) in [6, 6.07) is 6.21. The Labute approximate surface area is 219 Å². The summed E-state index contributed by atoms with van der Waals surface area (Å²) in [6.45, 7) is 3.01. The summed E-state index contributed by atoms with van der Waals surface area (Å²) in [4.78, 5) is 21.5. The Morgan fingerprint density at radius 3 is 2.61 bits per heavy atom. The Bertz CT molecular complexity index is 1300. The normalized spacial score (nSPS) is 23.4. The SMILES string of the molecule is C[C@@H]1C[C@H](N)C[C@H](c2ccncc2CC(=O)c2ccc(F)c(-c3c(F)cc(O[C@H]4CCOC4)cc3F)n2)C1. The monoisotopic (exact) mass is 525 g/mol. The van der Waals surface area contributed by atoms with Crippen molar-refractivity contribution in [1.29, 1.82) is 0 Å². The second kappa shape index (κ2) is 11.2. The van der Waals surface area contributed by atoms with Crippen LogP contribution in [0.25, 0.3) is 11.3 Å². The highest BCUT2D eigenvalue weighted by molar-refractivity contribution is 5.96. The summed E-state index contributed by atoms with van der Waals surface area (Å²) in [7, 11) is 0. The molecule has 200 valence electrons. The van der Waals surface area contributed by atoms with Crippen molar-refractivity contribution >= 4 is 5.78 Å². The van der Waals surface area contributed by atoms with Crippen LogP contribution >= 0.6 is 0 Å². The number of aromatic nitrogens is 2. The number of Topliss-reactive ketones (excluding diaryl/α,β-unsaturated/α-hetero) is 1. The standard InChI is InChI=1S/C29H30F3N3O3/c1-16-8-17(10-19(33)9-16)22-4-6-34-14-18(22)11-27(36)26-3-2-23(30)29(35-26)28-24(31)12-21(13-25(28)32)38-20-5-7-37-15-20/h2-4,6,12-14,16-17,19-20H,5,7-11,15,33H2,1H3/t16-,17+,19-,20-/m0/s1. The highest BCUT2D eigenvalue weighted by Gasteiger charge is 2.28. The number of ether oxygens (including phenoxy) is 2. The molecule has 1 aliphatic heterocycles. The van der Waals surface area contributed by atoms with E-state index in [1.807, 2.05) is 6.07 Å². The van der Waals surface area contributed by atoms with Crippen LogP contribution in [-0.4, -0.2) is 41.1 Å². The third kappa shape index (κ3) is 5.73. The average molecular weight is 526 g/mol. The second-order valence-corrected chi connectivity index (χ2v) is 10.3. The van der Waals surface area contributed by atoms with Crippen molar-refractivity contribution < 1.29 is 27.4 Å². The summed E-state index contributed by atoms with van der Waals surface area (Å²) >= 11 is 0. The Morgan fingerprint density at radius 1 is 1.11 bits per heavy atom. The summed E-state index contributed by atoms with van der Waals surface area (Å²) in [5, 5.41) is 0. The van der Waals surface area contributed by atoms with Crippen LogP contribution in [0.2, 0.25) is 0 Å². The first kappa shape index (κ1) is 26.3. The van der Waals surface area contributed by atoms with Gasteiger partial charge in [0.25, 0.3) is 0 Å². The maximum atomic E-state index is 15.0. The first-order chi connectivity index (χ1) is 18.3. The first-order valence-electron chi connectivity index (χ1n) is 12.9. The van der Waals surface area contributed by atoms with Crippen molar-refractivity contribution in [1.82, 2.24) is 9.97 Å². The fraction of sp³-hybridized carbons (Fsp3) is 0.414. The van der Waals surface area contributed by atoms with Crippen LogP contribution in [0.1, 0.15) is 60.1 Å². The molecule has 1 saturated carbocycles. The molecule has 38 heavy (non-hydrogen) atoms. The van der Waals surface area contributed by atoms with Crippen molar-refractivity contribution in [2.75, 3.05) is 13.2 Å². The Balaban J connectivity index is 1.40. The average Bonchev–Trinajstić information content (AvgIpc) is 3.37. The predicted molar refractivity (Wildman–Crippen MR) is 135 cm³/mol. The number of nitrogens with zero attached hydrogens (tertiary/aromatic N) is 2. The van der Waals surface area contributed by atoms with Gasteiger partial charge in [-0.25, -0.2) is 18.2 Å². The van der Waals surface area contributed by atoms with E-state index in [0.29, 0.717) is 25.6 Å². The number of hydrogen-bond donors (Lipinski definition) is 1. The van der Waals surface area contributed by atoms with Gasteiger partial charge in [-0.1, -0.05) is 6.92 Å². The predicted octanol–water partition coefficient (Wildman–Crippen LogP) is 5.38. The molecule has 0 unspecified atom stereocenters. The van der Waals surface area contributed by atoms with Gasteiger partial charge in [0.2, 0.25) is 0 Å². The number of halogens is 3. The minimum atomic E-state index is -1.03. The molecule has 1 saturated heterocycles. The van der Waals surface area contributed by atoms with Crippen molar-refractivity contribution in [2.45, 2.75) is 57.1 Å². The fourth-order valence-electron chi connectivity index (χ4n) is 5.57. The molecule has 0 spiro atoms. The Hall–Kier alpha value is -3.30. The summed E-state index contributed by atoms with van der Waals surface area (Å²) < 4.78 is 55.5. The zero-order valence-electron chi connectivity index (χ0n) is 21.1. The maximum Gasteiger partial charge on any atom is 0.185 e. The Kier molecular flexibility index (Phi) is 7.76. The van der Waals surface area contributed by atoms with Crippen LogP contribution < -0.4 is 10.5 Å².